The molecule has 1 saturated heterocycles. The maximum absolute atomic E-state index is 13.4. The molecule has 0 unspecified atom stereocenters. The minimum Gasteiger partial charge on any atom is -0.443 e. The van der Waals surface area contributed by atoms with Crippen LogP contribution in [-0.4, -0.2) is 40.0 Å². The smallest absolute Gasteiger partial charge is 0.417 e. The largest absolute Gasteiger partial charge is 0.443 e. The molecule has 0 N–H and O–H groups in total. The van der Waals surface area contributed by atoms with Gasteiger partial charge in [-0.1, -0.05) is 66.7 Å². The molecule has 3 rings (SSSR count). The number of rotatable bonds is 7. The number of amides is 2. The first-order valence-corrected chi connectivity index (χ1v) is 11.3. The van der Waals surface area contributed by atoms with Gasteiger partial charge in [-0.15, -0.1) is 6.58 Å². The molecule has 32 heavy (non-hydrogen) atoms. The Morgan fingerprint density at radius 3 is 2.06 bits per heavy atom. The van der Waals surface area contributed by atoms with Crippen molar-refractivity contribution in [3.63, 3.8) is 0 Å². The summed E-state index contributed by atoms with van der Waals surface area (Å²) in [6.07, 6.45) is 2.43. The van der Waals surface area contributed by atoms with Gasteiger partial charge < -0.3 is 4.74 Å². The Morgan fingerprint density at radius 1 is 1.06 bits per heavy atom. The quantitative estimate of drug-likeness (QED) is 0.546. The number of likely N-dealkylation sites (tertiary alicyclic amines) is 1. The van der Waals surface area contributed by atoms with Crippen molar-refractivity contribution in [3.8, 4) is 0 Å². The Labute approximate surface area is 191 Å². The van der Waals surface area contributed by atoms with Crippen LogP contribution in [0.15, 0.2) is 73.3 Å². The standard InChI is InChI=1S/C27H34N2O3/c1-5-12-23-24(17-18-29(25(23)30)26(31)32-27(2,3)4)28(19-21-13-8-6-9-14-21)20-22-15-10-7-11-16-22/h5-11,13-16,23-24H,1,12,17-20H2,2-4H3/t23-,24+/m1/s1. The number of allylic oxidation sites excluding steroid dienone is 1. The third-order valence-electron chi connectivity index (χ3n) is 5.66. The monoisotopic (exact) mass is 434 g/mol. The topological polar surface area (TPSA) is 49.9 Å². The average molecular weight is 435 g/mol. The molecule has 0 aromatic heterocycles. The van der Waals surface area contributed by atoms with E-state index in [9.17, 15) is 9.59 Å². The zero-order valence-corrected chi connectivity index (χ0v) is 19.4. The van der Waals surface area contributed by atoms with E-state index in [1.165, 1.54) is 16.0 Å². The highest BCUT2D eigenvalue weighted by Gasteiger charge is 2.42. The molecule has 2 amide bonds. The summed E-state index contributed by atoms with van der Waals surface area (Å²) in [4.78, 5) is 29.7. The maximum Gasteiger partial charge on any atom is 0.417 e. The molecule has 0 spiro atoms. The second-order valence-corrected chi connectivity index (χ2v) is 9.33. The van der Waals surface area contributed by atoms with Gasteiger partial charge in [-0.05, 0) is 44.7 Å². The summed E-state index contributed by atoms with van der Waals surface area (Å²) in [5.41, 5.74) is 1.75. The highest BCUT2D eigenvalue weighted by molar-refractivity contribution is 5.94. The summed E-state index contributed by atoms with van der Waals surface area (Å²) in [7, 11) is 0. The van der Waals surface area contributed by atoms with Crippen LogP contribution in [0.25, 0.3) is 0 Å². The molecule has 0 radical (unpaired) electrons. The molecule has 1 aliphatic rings. The fourth-order valence-corrected chi connectivity index (χ4v) is 4.24. The van der Waals surface area contributed by atoms with E-state index in [0.717, 1.165) is 13.1 Å². The first-order valence-electron chi connectivity index (χ1n) is 11.3. The van der Waals surface area contributed by atoms with Crippen LogP contribution in [0.2, 0.25) is 0 Å². The van der Waals surface area contributed by atoms with Gasteiger partial charge in [0.1, 0.15) is 5.60 Å². The number of ether oxygens (including phenoxy) is 1. The van der Waals surface area contributed by atoms with Crippen LogP contribution in [0.4, 0.5) is 4.79 Å². The van der Waals surface area contributed by atoms with Gasteiger partial charge in [-0.2, -0.15) is 0 Å². The van der Waals surface area contributed by atoms with E-state index in [4.69, 9.17) is 4.74 Å². The van der Waals surface area contributed by atoms with Crippen LogP contribution in [0, 0.1) is 5.92 Å². The normalized spacial score (nSPS) is 19.1. The van der Waals surface area contributed by atoms with Gasteiger partial charge in [-0.3, -0.25) is 9.69 Å². The Hall–Kier alpha value is -2.92. The lowest BCUT2D eigenvalue weighted by molar-refractivity contribution is -0.141. The zero-order valence-electron chi connectivity index (χ0n) is 19.4. The summed E-state index contributed by atoms with van der Waals surface area (Å²) in [6, 6.07) is 20.6. The number of hydrogen-bond donors (Lipinski definition) is 0. The van der Waals surface area contributed by atoms with Gasteiger partial charge in [-0.25, -0.2) is 9.69 Å². The maximum atomic E-state index is 13.4. The lowest BCUT2D eigenvalue weighted by atomic mass is 9.86. The van der Waals surface area contributed by atoms with Crippen molar-refractivity contribution in [1.82, 2.24) is 9.80 Å². The predicted octanol–water partition coefficient (Wildman–Crippen LogP) is 5.42. The van der Waals surface area contributed by atoms with Gasteiger partial charge in [0.25, 0.3) is 0 Å². The van der Waals surface area contributed by atoms with E-state index in [0.29, 0.717) is 19.4 Å². The first kappa shape index (κ1) is 23.7. The Bertz CT molecular complexity index is 864. The van der Waals surface area contributed by atoms with Crippen LogP contribution in [-0.2, 0) is 22.6 Å². The van der Waals surface area contributed by atoms with E-state index in [-0.39, 0.29) is 17.9 Å². The van der Waals surface area contributed by atoms with E-state index < -0.39 is 11.7 Å². The molecular formula is C27H34N2O3. The molecule has 5 nitrogen and oxygen atoms in total. The summed E-state index contributed by atoms with van der Waals surface area (Å²) >= 11 is 0. The number of benzene rings is 2. The molecule has 1 heterocycles. The molecule has 0 saturated carbocycles. The van der Waals surface area contributed by atoms with Gasteiger partial charge in [0.15, 0.2) is 0 Å². The Morgan fingerprint density at radius 2 is 1.59 bits per heavy atom. The zero-order chi connectivity index (χ0) is 23.1. The third kappa shape index (κ3) is 6.30. The molecular weight excluding hydrogens is 400 g/mol. The molecule has 5 heteroatoms. The lowest BCUT2D eigenvalue weighted by Crippen LogP contribution is -2.56. The third-order valence-corrected chi connectivity index (χ3v) is 5.66. The number of carbonyl (C=O) groups excluding carboxylic acids is 2. The minimum atomic E-state index is -0.644. The molecule has 1 aliphatic heterocycles. The van der Waals surface area contributed by atoms with Gasteiger partial charge >= 0.3 is 6.09 Å². The van der Waals surface area contributed by atoms with Crippen molar-refractivity contribution >= 4 is 12.0 Å². The average Bonchev–Trinajstić information content (AvgIpc) is 2.75. The van der Waals surface area contributed by atoms with Gasteiger partial charge in [0, 0.05) is 25.7 Å². The Balaban J connectivity index is 1.86. The minimum absolute atomic E-state index is 0.000371. The number of nitrogens with zero attached hydrogens (tertiary/aromatic N) is 2. The SMILES string of the molecule is C=CC[C@H]1C(=O)N(C(=O)OC(C)(C)C)CC[C@@H]1N(Cc1ccccc1)Cc1ccccc1. The van der Waals surface area contributed by atoms with Crippen LogP contribution >= 0.6 is 0 Å². The number of carbonyl (C=O) groups is 2. The van der Waals surface area contributed by atoms with Crippen LogP contribution < -0.4 is 0 Å². The van der Waals surface area contributed by atoms with Crippen molar-refractivity contribution in [2.75, 3.05) is 6.54 Å². The summed E-state index contributed by atoms with van der Waals surface area (Å²) in [6.45, 7) is 11.1. The van der Waals surface area contributed by atoms with E-state index in [1.54, 1.807) is 6.08 Å². The van der Waals surface area contributed by atoms with Gasteiger partial charge in [0.2, 0.25) is 5.91 Å². The van der Waals surface area contributed by atoms with E-state index in [1.807, 2.05) is 57.2 Å². The lowest BCUT2D eigenvalue weighted by Gasteiger charge is -2.42. The predicted molar refractivity (Wildman–Crippen MR) is 127 cm³/mol. The van der Waals surface area contributed by atoms with Crippen molar-refractivity contribution in [1.29, 1.82) is 0 Å². The molecule has 2 aromatic carbocycles. The van der Waals surface area contributed by atoms with E-state index in [2.05, 4.69) is 35.7 Å². The van der Waals surface area contributed by atoms with Crippen molar-refractivity contribution in [3.05, 3.63) is 84.4 Å². The molecule has 170 valence electrons. The number of imide groups is 1. The van der Waals surface area contributed by atoms with E-state index >= 15 is 0 Å². The highest BCUT2D eigenvalue weighted by atomic mass is 16.6. The Kier molecular flexibility index (Phi) is 7.86. The molecule has 2 aromatic rings. The van der Waals surface area contributed by atoms with Crippen LogP contribution in [0.5, 0.6) is 0 Å². The summed E-state index contributed by atoms with van der Waals surface area (Å²) in [5, 5.41) is 0. The van der Waals surface area contributed by atoms with Crippen molar-refractivity contribution in [2.45, 2.75) is 58.3 Å². The summed E-state index contributed by atoms with van der Waals surface area (Å²) < 4.78 is 5.49. The fraction of sp³-hybridized carbons (Fsp3) is 0.407. The van der Waals surface area contributed by atoms with Crippen LogP contribution in [0.1, 0.15) is 44.7 Å². The molecule has 0 aliphatic carbocycles. The molecule has 1 fully saturated rings. The highest BCUT2D eigenvalue weighted by Crippen LogP contribution is 2.30. The molecule has 0 bridgehead atoms. The molecule has 2 atom stereocenters. The second kappa shape index (κ2) is 10.6. The number of hydrogen-bond acceptors (Lipinski definition) is 4. The van der Waals surface area contributed by atoms with Crippen molar-refractivity contribution in [2.24, 2.45) is 5.92 Å². The fourth-order valence-electron chi connectivity index (χ4n) is 4.24. The number of piperidine rings is 1. The second-order valence-electron chi connectivity index (χ2n) is 9.33. The van der Waals surface area contributed by atoms with Crippen LogP contribution in [0.3, 0.4) is 0 Å². The first-order chi connectivity index (χ1) is 15.3. The van der Waals surface area contributed by atoms with Gasteiger partial charge in [0.05, 0.1) is 5.92 Å². The van der Waals surface area contributed by atoms with Crippen molar-refractivity contribution < 1.29 is 14.3 Å². The summed E-state index contributed by atoms with van der Waals surface area (Å²) in [5.74, 6) is -0.525.